The molecule has 4 bridgehead atoms. The van der Waals surface area contributed by atoms with Gasteiger partial charge >= 0.3 is 0 Å². The molecule has 6 heteroatoms. The maximum atomic E-state index is 11.5. The van der Waals surface area contributed by atoms with E-state index in [4.69, 9.17) is 14.5 Å². The van der Waals surface area contributed by atoms with E-state index >= 15 is 0 Å². The van der Waals surface area contributed by atoms with Crippen molar-refractivity contribution in [1.82, 2.24) is 0 Å². The Morgan fingerprint density at radius 2 is 1.50 bits per heavy atom. The molecule has 136 valence electrons. The molecule has 0 amide bonds. The molecule has 5 saturated carbocycles. The Kier molecular flexibility index (Phi) is 3.46. The lowest BCUT2D eigenvalue weighted by Crippen LogP contribution is -2.59. The SMILES string of the molecule is CS(=O)(=O)CC1CCC2(CC1)OOC1(O2)C2CC3CC(C2)CC1C3. The summed E-state index contributed by atoms with van der Waals surface area (Å²) in [7, 11) is -2.91. The molecule has 0 unspecified atom stereocenters. The maximum absolute atomic E-state index is 11.5. The molecule has 2 spiro atoms. The third-order valence-corrected chi connectivity index (χ3v) is 8.43. The zero-order valence-corrected chi connectivity index (χ0v) is 15.2. The molecular weight excluding hydrogens is 328 g/mol. The summed E-state index contributed by atoms with van der Waals surface area (Å²) in [4.78, 5) is 11.9. The van der Waals surface area contributed by atoms with Crippen molar-refractivity contribution in [2.75, 3.05) is 12.0 Å². The van der Waals surface area contributed by atoms with Crippen molar-refractivity contribution >= 4 is 9.84 Å². The van der Waals surface area contributed by atoms with E-state index in [2.05, 4.69) is 0 Å². The van der Waals surface area contributed by atoms with Gasteiger partial charge < -0.3 is 4.74 Å². The van der Waals surface area contributed by atoms with Crippen molar-refractivity contribution < 1.29 is 22.9 Å². The molecule has 1 aliphatic heterocycles. The van der Waals surface area contributed by atoms with Gasteiger partial charge in [-0.15, -0.1) is 0 Å². The van der Waals surface area contributed by atoms with E-state index in [0.717, 1.165) is 37.5 Å². The number of ether oxygens (including phenoxy) is 1. The van der Waals surface area contributed by atoms with E-state index in [9.17, 15) is 8.42 Å². The number of sulfone groups is 1. The van der Waals surface area contributed by atoms with Crippen LogP contribution >= 0.6 is 0 Å². The monoisotopic (exact) mass is 356 g/mol. The zero-order chi connectivity index (χ0) is 16.6. The van der Waals surface area contributed by atoms with Crippen LogP contribution in [-0.2, 0) is 24.3 Å². The fourth-order valence-electron chi connectivity index (χ4n) is 6.51. The van der Waals surface area contributed by atoms with Crippen molar-refractivity contribution in [3.05, 3.63) is 0 Å². The molecule has 6 rings (SSSR count). The lowest BCUT2D eigenvalue weighted by Gasteiger charge is -2.57. The molecule has 0 radical (unpaired) electrons. The third-order valence-electron chi connectivity index (χ3n) is 7.35. The number of hydrogen-bond acceptors (Lipinski definition) is 5. The summed E-state index contributed by atoms with van der Waals surface area (Å²) in [6, 6.07) is 0. The molecule has 1 saturated heterocycles. The van der Waals surface area contributed by atoms with Gasteiger partial charge in [0.05, 0.1) is 5.75 Å². The molecule has 0 N–H and O–H groups in total. The van der Waals surface area contributed by atoms with Gasteiger partial charge in [-0.3, -0.25) is 0 Å². The third kappa shape index (κ3) is 2.48. The van der Waals surface area contributed by atoms with Crippen LogP contribution in [0, 0.1) is 29.6 Å². The van der Waals surface area contributed by atoms with E-state index in [1.165, 1.54) is 38.4 Å². The average Bonchev–Trinajstić information content (AvgIpc) is 2.87. The van der Waals surface area contributed by atoms with E-state index in [1.807, 2.05) is 0 Å². The standard InChI is InChI=1S/C18H28O5S/c1-24(19,20)11-12-2-4-17(5-3-12)21-18(23-22-17)15-7-13-6-14(9-15)10-16(18)8-13/h12-16H,2-11H2,1H3. The summed E-state index contributed by atoms with van der Waals surface area (Å²) in [6.07, 6.45) is 10.8. The molecule has 6 aliphatic rings. The molecule has 24 heavy (non-hydrogen) atoms. The van der Waals surface area contributed by atoms with Crippen molar-refractivity contribution in [2.24, 2.45) is 29.6 Å². The number of hydrogen-bond donors (Lipinski definition) is 0. The Labute approximate surface area is 144 Å². The normalized spacial score (nSPS) is 53.3. The minimum absolute atomic E-state index is 0.230. The highest BCUT2D eigenvalue weighted by molar-refractivity contribution is 7.90. The lowest BCUT2D eigenvalue weighted by atomic mass is 9.53. The van der Waals surface area contributed by atoms with Gasteiger partial charge in [-0.05, 0) is 62.7 Å². The molecular formula is C18H28O5S. The quantitative estimate of drug-likeness (QED) is 0.712. The maximum Gasteiger partial charge on any atom is 0.210 e. The average molecular weight is 356 g/mol. The molecule has 1 heterocycles. The highest BCUT2D eigenvalue weighted by Gasteiger charge is 2.66. The Balaban J connectivity index is 1.30. The molecule has 6 fully saturated rings. The van der Waals surface area contributed by atoms with Crippen LogP contribution in [0.4, 0.5) is 0 Å². The summed E-state index contributed by atoms with van der Waals surface area (Å²) in [5.74, 6) is 2.10. The van der Waals surface area contributed by atoms with Crippen LogP contribution in [0.3, 0.4) is 0 Å². The summed E-state index contributed by atoms with van der Waals surface area (Å²) in [5.41, 5.74) is 0. The Hall–Kier alpha value is -0.170. The van der Waals surface area contributed by atoms with Gasteiger partial charge in [-0.1, -0.05) is 0 Å². The summed E-state index contributed by atoms with van der Waals surface area (Å²) < 4.78 is 29.7. The van der Waals surface area contributed by atoms with Crippen molar-refractivity contribution in [3.63, 3.8) is 0 Å². The second kappa shape index (κ2) is 5.18. The van der Waals surface area contributed by atoms with Crippen LogP contribution in [0.5, 0.6) is 0 Å². The van der Waals surface area contributed by atoms with E-state index < -0.39 is 21.4 Å². The highest BCUT2D eigenvalue weighted by atomic mass is 32.2. The fraction of sp³-hybridized carbons (Fsp3) is 1.00. The first-order valence-electron chi connectivity index (χ1n) is 9.61. The second-order valence-corrected chi connectivity index (χ2v) is 11.4. The predicted octanol–water partition coefficient (Wildman–Crippen LogP) is 3.05. The van der Waals surface area contributed by atoms with E-state index in [0.29, 0.717) is 11.8 Å². The van der Waals surface area contributed by atoms with Gasteiger partial charge in [0.15, 0.2) is 0 Å². The van der Waals surface area contributed by atoms with Crippen LogP contribution in [0.25, 0.3) is 0 Å². The van der Waals surface area contributed by atoms with E-state index in [-0.39, 0.29) is 11.7 Å². The van der Waals surface area contributed by atoms with E-state index in [1.54, 1.807) is 0 Å². The Bertz CT molecular complexity index is 591. The highest BCUT2D eigenvalue weighted by Crippen LogP contribution is 2.63. The first kappa shape index (κ1) is 16.0. The van der Waals surface area contributed by atoms with Gasteiger partial charge in [0.25, 0.3) is 0 Å². The lowest BCUT2D eigenvalue weighted by molar-refractivity contribution is -0.390. The van der Waals surface area contributed by atoms with Crippen LogP contribution in [0.15, 0.2) is 0 Å². The molecule has 0 atom stereocenters. The van der Waals surface area contributed by atoms with Crippen LogP contribution in [0.2, 0.25) is 0 Å². The topological polar surface area (TPSA) is 61.8 Å². The van der Waals surface area contributed by atoms with Crippen molar-refractivity contribution in [3.8, 4) is 0 Å². The van der Waals surface area contributed by atoms with Crippen LogP contribution in [0.1, 0.15) is 57.8 Å². The molecule has 5 nitrogen and oxygen atoms in total. The fourth-order valence-corrected chi connectivity index (χ4v) is 7.70. The van der Waals surface area contributed by atoms with Crippen molar-refractivity contribution in [2.45, 2.75) is 69.4 Å². The van der Waals surface area contributed by atoms with Gasteiger partial charge in [-0.25, -0.2) is 8.42 Å². The second-order valence-electron chi connectivity index (χ2n) is 9.24. The first-order chi connectivity index (χ1) is 11.4. The smallest absolute Gasteiger partial charge is 0.210 e. The predicted molar refractivity (Wildman–Crippen MR) is 87.4 cm³/mol. The minimum atomic E-state index is -2.91. The van der Waals surface area contributed by atoms with Crippen LogP contribution < -0.4 is 0 Å². The number of rotatable bonds is 2. The van der Waals surface area contributed by atoms with Gasteiger partial charge in [-0.2, -0.15) is 9.78 Å². The van der Waals surface area contributed by atoms with Gasteiger partial charge in [0.1, 0.15) is 9.84 Å². The zero-order valence-electron chi connectivity index (χ0n) is 14.4. The van der Waals surface area contributed by atoms with Gasteiger partial charge in [0.2, 0.25) is 11.6 Å². The van der Waals surface area contributed by atoms with Crippen LogP contribution in [-0.4, -0.2) is 32.0 Å². The molecule has 0 aromatic carbocycles. The summed E-state index contributed by atoms with van der Waals surface area (Å²) >= 11 is 0. The largest absolute Gasteiger partial charge is 0.312 e. The summed E-state index contributed by atoms with van der Waals surface area (Å²) in [6.45, 7) is 0. The Morgan fingerprint density at radius 1 is 0.917 bits per heavy atom. The van der Waals surface area contributed by atoms with Crippen molar-refractivity contribution in [1.29, 1.82) is 0 Å². The summed E-state index contributed by atoms with van der Waals surface area (Å²) in [5, 5.41) is 0. The van der Waals surface area contributed by atoms with Gasteiger partial charge in [0, 0.05) is 30.9 Å². The molecule has 0 aromatic heterocycles. The molecule has 0 aromatic rings. The Morgan fingerprint density at radius 3 is 2.04 bits per heavy atom. The first-order valence-corrected chi connectivity index (χ1v) is 11.7. The molecule has 5 aliphatic carbocycles. The minimum Gasteiger partial charge on any atom is -0.312 e.